The molecule has 0 bridgehead atoms. The number of nitrogens with zero attached hydrogens (tertiary/aromatic N) is 6. The number of nitrogens with two attached hydrogens (primary N) is 2. The quantitative estimate of drug-likeness (QED) is 0.0664. The van der Waals surface area contributed by atoms with E-state index >= 15 is 0 Å². The molecule has 2 fully saturated rings. The van der Waals surface area contributed by atoms with Crippen LogP contribution in [0.25, 0.3) is 16.9 Å². The van der Waals surface area contributed by atoms with Gasteiger partial charge < -0.3 is 56.3 Å². The lowest BCUT2D eigenvalue weighted by molar-refractivity contribution is -0.745. The van der Waals surface area contributed by atoms with Crippen molar-refractivity contribution in [2.45, 2.75) is 49.9 Å². The zero-order valence-corrected chi connectivity index (χ0v) is 29.5. The number of hydrogen-bond acceptors (Lipinski definition) is 19. The summed E-state index contributed by atoms with van der Waals surface area (Å²) < 4.78 is 70.6. The van der Waals surface area contributed by atoms with Gasteiger partial charge in [0.2, 0.25) is 5.52 Å². The third-order valence-electron chi connectivity index (χ3n) is 8.13. The third-order valence-corrected chi connectivity index (χ3v) is 12.4. The molecule has 2 saturated heterocycles. The number of fused-ring (bicyclic) bond motifs is 2. The Morgan fingerprint density at radius 3 is 2.25 bits per heavy atom. The van der Waals surface area contributed by atoms with Gasteiger partial charge in [-0.15, -0.1) is 0 Å². The number of nitrogen functional groups attached to an aromatic ring is 1. The molecule has 26 nitrogen and oxygen atoms in total. The highest BCUT2D eigenvalue weighted by Crippen LogP contribution is 2.68. The average molecular weight is 800 g/mol. The largest absolute Gasteiger partial charge is 0.490 e. The van der Waals surface area contributed by atoms with Crippen LogP contribution in [0.15, 0.2) is 29.0 Å². The van der Waals surface area contributed by atoms with E-state index in [0.29, 0.717) is 0 Å². The molecule has 0 radical (unpaired) electrons. The number of aromatic nitrogens is 6. The smallest absolute Gasteiger partial charge is 0.390 e. The number of aliphatic hydroxyl groups excluding tert-OH is 3. The topological polar surface area (TPSA) is 377 Å². The van der Waals surface area contributed by atoms with Gasteiger partial charge in [0.1, 0.15) is 30.1 Å². The zero-order chi connectivity index (χ0) is 38.1. The molecule has 0 amide bonds. The van der Waals surface area contributed by atoms with Gasteiger partial charge in [0.15, 0.2) is 30.6 Å². The number of aryl methyl sites for hydroxylation is 1. The summed E-state index contributed by atoms with van der Waals surface area (Å²) in [5.74, 6) is -0.865. The average Bonchev–Trinajstić information content (AvgIpc) is 3.74. The fourth-order valence-electron chi connectivity index (χ4n) is 5.78. The van der Waals surface area contributed by atoms with Crippen molar-refractivity contribution >= 4 is 58.1 Å². The second-order valence-electron chi connectivity index (χ2n) is 11.8. The lowest BCUT2D eigenvalue weighted by Crippen LogP contribution is -2.42. The number of phosphoric acid groups is 3. The number of phosphoric ester groups is 2. The van der Waals surface area contributed by atoms with E-state index in [9.17, 15) is 48.5 Å². The highest BCUT2D eigenvalue weighted by atomic mass is 31.3. The van der Waals surface area contributed by atoms with Crippen molar-refractivity contribution in [1.82, 2.24) is 29.4 Å². The van der Waals surface area contributed by atoms with Crippen LogP contribution in [0.2, 0.25) is 0 Å². The molecular weight excluding hydrogens is 765 g/mol. The van der Waals surface area contributed by atoms with Crippen LogP contribution < -0.4 is 26.9 Å². The van der Waals surface area contributed by atoms with Gasteiger partial charge in [-0.1, -0.05) is 18.5 Å². The molecule has 11 atom stereocenters. The van der Waals surface area contributed by atoms with Crippen molar-refractivity contribution < 1.29 is 75.4 Å². The van der Waals surface area contributed by atoms with Gasteiger partial charge in [-0.2, -0.15) is 13.6 Å². The summed E-state index contributed by atoms with van der Waals surface area (Å²) in [6, 6.07) is 0. The summed E-state index contributed by atoms with van der Waals surface area (Å²) in [6.07, 6.45) is -7.36. The van der Waals surface area contributed by atoms with Crippen molar-refractivity contribution in [3.8, 4) is 0 Å². The summed E-state index contributed by atoms with van der Waals surface area (Å²) in [5, 5.41) is 34.5. The molecule has 3 aliphatic rings. The van der Waals surface area contributed by atoms with Crippen LogP contribution >= 0.6 is 23.5 Å². The zero-order valence-electron chi connectivity index (χ0n) is 26.8. The number of H-pyrrole nitrogens is 1. The molecule has 0 aromatic carbocycles. The highest BCUT2D eigenvalue weighted by Gasteiger charge is 2.49. The minimum absolute atomic E-state index is 0.0495. The van der Waals surface area contributed by atoms with Gasteiger partial charge in [-0.25, -0.2) is 23.2 Å². The van der Waals surface area contributed by atoms with Crippen LogP contribution in [0.5, 0.6) is 0 Å². The van der Waals surface area contributed by atoms with Gasteiger partial charge >= 0.3 is 29.1 Å². The van der Waals surface area contributed by atoms with Gasteiger partial charge in [-0.05, 0) is 0 Å². The van der Waals surface area contributed by atoms with Crippen LogP contribution in [-0.4, -0.2) is 104 Å². The van der Waals surface area contributed by atoms with Crippen LogP contribution in [0, 0.1) is 5.92 Å². The second-order valence-corrected chi connectivity index (χ2v) is 16.4. The first-order chi connectivity index (χ1) is 24.2. The molecule has 52 heavy (non-hydrogen) atoms. The van der Waals surface area contributed by atoms with E-state index in [-0.39, 0.29) is 40.3 Å². The number of hydrogen-bond donors (Lipinski definition) is 10. The van der Waals surface area contributed by atoms with Gasteiger partial charge in [0, 0.05) is 5.92 Å². The summed E-state index contributed by atoms with van der Waals surface area (Å²) in [4.78, 5) is 57.2. The van der Waals surface area contributed by atoms with E-state index in [0.717, 1.165) is 0 Å². The minimum atomic E-state index is -5.93. The first-order valence-electron chi connectivity index (χ1n) is 14.9. The number of anilines is 1. The maximum Gasteiger partial charge on any atom is 0.490 e. The number of imidazole rings is 2. The number of rotatable bonds is 12. The molecule has 29 heteroatoms. The Morgan fingerprint density at radius 1 is 1.00 bits per heavy atom. The van der Waals surface area contributed by atoms with Gasteiger partial charge in [0.05, 0.1) is 38.4 Å². The maximum atomic E-state index is 12.6. The van der Waals surface area contributed by atoms with Crippen LogP contribution in [-0.2, 0) is 47.9 Å². The van der Waals surface area contributed by atoms with E-state index < -0.39 is 91.1 Å². The Balaban J connectivity index is 1.04. The Morgan fingerprint density at radius 2 is 1.62 bits per heavy atom. The van der Waals surface area contributed by atoms with Crippen molar-refractivity contribution in [1.29, 1.82) is 0 Å². The van der Waals surface area contributed by atoms with Crippen molar-refractivity contribution in [2.24, 2.45) is 23.7 Å². The standard InChI is InChI=1S/C23H33N10O16P3/c1-8-14(34)10(46-20(8)33-7-31(3)13-18(33)29-23(25)30-19(13)37)4-44-50(38,39)48-52(42,43)49-51(40,41)45-5-11-15(35)16(36)21(47-11)32-6-26-12-9(2)27-22(24)28-17(12)32/h6-8,10-11,14-16,20-21,34-36H,2,4-5H2,1,3H3,(H8-,24,25,27,28,29,30,37,38,39,40,41,42,43)/p+1/t8-,10-,11?,14+,15-,16-,20?,21-/m1/s1. The Labute approximate surface area is 290 Å². The van der Waals surface area contributed by atoms with Gasteiger partial charge in [-0.3, -0.25) is 28.0 Å². The van der Waals surface area contributed by atoms with Crippen LogP contribution in [0.4, 0.5) is 11.8 Å². The first-order valence-corrected chi connectivity index (χ1v) is 19.3. The summed E-state index contributed by atoms with van der Waals surface area (Å²) in [6.45, 7) is 3.37. The van der Waals surface area contributed by atoms with Crippen molar-refractivity contribution in [3.63, 3.8) is 0 Å². The Bertz CT molecular complexity index is 2140. The van der Waals surface area contributed by atoms with Gasteiger partial charge in [0.25, 0.3) is 11.5 Å². The predicted octanol–water partition coefficient (Wildman–Crippen LogP) is -2.57. The molecule has 3 aromatic rings. The molecule has 0 saturated carbocycles. The number of aromatic amines is 1. The number of ether oxygens (including phenoxy) is 2. The minimum Gasteiger partial charge on any atom is -0.390 e. The van der Waals surface area contributed by atoms with E-state index in [2.05, 4.69) is 45.0 Å². The number of nitrogens with one attached hydrogen (secondary N) is 2. The molecule has 0 aliphatic carbocycles. The number of aliphatic imine (C=N–C) groups is 1. The maximum absolute atomic E-state index is 12.6. The van der Waals surface area contributed by atoms with Crippen LogP contribution in [0.1, 0.15) is 25.1 Å². The van der Waals surface area contributed by atoms with Crippen molar-refractivity contribution in [3.05, 3.63) is 35.3 Å². The molecule has 286 valence electrons. The van der Waals surface area contributed by atoms with E-state index in [4.69, 9.17) is 25.5 Å². The first kappa shape index (κ1) is 38.3. The molecule has 12 N–H and O–H groups in total. The molecule has 6 heterocycles. The van der Waals surface area contributed by atoms with Crippen molar-refractivity contribution in [2.75, 3.05) is 18.9 Å². The van der Waals surface area contributed by atoms with E-state index in [1.165, 1.54) is 26.4 Å². The molecule has 5 unspecified atom stereocenters. The Kier molecular flexibility index (Phi) is 10.1. The SMILES string of the molecule is C=C1NC(N)=Nc2c1ncn2[C@@H]1OC(COP(=O)(O)OP(=O)(O)OP(=O)(O)OC[C@H]2OC([n+]3cn(C)c4c(=O)[nH]c(N)nc43)[C@H](C)[C@@H]2O)[C@@H](O)[C@H]1O. The molecule has 3 aliphatic heterocycles. The lowest BCUT2D eigenvalue weighted by atomic mass is 10.0. The number of guanidine groups is 1. The summed E-state index contributed by atoms with van der Waals surface area (Å²) in [7, 11) is -15.6. The molecule has 0 spiro atoms. The fourth-order valence-corrected chi connectivity index (χ4v) is 9.30. The third kappa shape index (κ3) is 7.50. The van der Waals surface area contributed by atoms with Crippen LogP contribution in [0.3, 0.4) is 0 Å². The lowest BCUT2D eigenvalue weighted by Gasteiger charge is -2.21. The van der Waals surface area contributed by atoms with E-state index in [1.54, 1.807) is 14.0 Å². The molecular formula is C23H34N10O16P3+. The molecule has 6 rings (SSSR count). The predicted molar refractivity (Wildman–Crippen MR) is 170 cm³/mol. The van der Waals surface area contributed by atoms with E-state index in [1.807, 2.05) is 0 Å². The second kappa shape index (κ2) is 13.8. The molecule has 3 aromatic heterocycles. The summed E-state index contributed by atoms with van der Waals surface area (Å²) in [5.41, 5.74) is 11.6. The fraction of sp³-hybridized carbons (Fsp3) is 0.522. The monoisotopic (exact) mass is 799 g/mol. The number of aliphatic hydroxyl groups is 3. The highest BCUT2D eigenvalue weighted by molar-refractivity contribution is 7.66. The summed E-state index contributed by atoms with van der Waals surface area (Å²) >= 11 is 0. The Hall–Kier alpha value is -3.42. The normalized spacial score (nSPS) is 31.1.